The van der Waals surface area contributed by atoms with Crippen LogP contribution in [0, 0.1) is 6.92 Å². The van der Waals surface area contributed by atoms with Crippen LogP contribution < -0.4 is 0 Å². The number of aromatic nitrogens is 4. The van der Waals surface area contributed by atoms with Crippen molar-refractivity contribution in [2.45, 2.75) is 19.9 Å². The number of rotatable bonds is 5. The summed E-state index contributed by atoms with van der Waals surface area (Å²) in [6, 6.07) is 8.00. The summed E-state index contributed by atoms with van der Waals surface area (Å²) in [5.41, 5.74) is 2.32. The molecule has 0 unspecified atom stereocenters. The topological polar surface area (TPSA) is 77.7 Å². The van der Waals surface area contributed by atoms with Gasteiger partial charge in [0.2, 0.25) is 0 Å². The van der Waals surface area contributed by atoms with E-state index in [4.69, 9.17) is 0 Å². The predicted octanol–water partition coefficient (Wildman–Crippen LogP) is 0.617. The van der Waals surface area contributed by atoms with Crippen LogP contribution >= 0.6 is 0 Å². The van der Waals surface area contributed by atoms with Gasteiger partial charge in [-0.2, -0.15) is 4.80 Å². The molecule has 19 heavy (non-hydrogen) atoms. The van der Waals surface area contributed by atoms with Gasteiger partial charge in [0.05, 0.1) is 12.3 Å². The molecule has 0 radical (unpaired) electrons. The normalized spacial score (nSPS) is 11.7. The molecule has 0 spiro atoms. The number of aryl methyl sites for hydroxylation is 2. The molecule has 0 aliphatic carbocycles. The van der Waals surface area contributed by atoms with Gasteiger partial charge >= 0.3 is 0 Å². The Morgan fingerprint density at radius 2 is 2.00 bits per heavy atom. The van der Waals surface area contributed by atoms with E-state index in [1.165, 1.54) is 16.6 Å². The molecule has 102 valence electrons. The molecule has 0 amide bonds. The van der Waals surface area contributed by atoms with Crippen LogP contribution in [0.3, 0.4) is 0 Å². The molecule has 7 heteroatoms. The third-order valence-corrected chi connectivity index (χ3v) is 3.69. The fourth-order valence-corrected chi connectivity index (χ4v) is 2.16. The summed E-state index contributed by atoms with van der Waals surface area (Å²) < 4.78 is 22.1. The molecule has 0 saturated heterocycles. The van der Waals surface area contributed by atoms with E-state index in [2.05, 4.69) is 15.4 Å². The number of hydrogen-bond acceptors (Lipinski definition) is 5. The van der Waals surface area contributed by atoms with Gasteiger partial charge in [0, 0.05) is 12.7 Å². The first-order chi connectivity index (χ1) is 8.94. The van der Waals surface area contributed by atoms with Crippen molar-refractivity contribution in [1.82, 2.24) is 20.2 Å². The molecule has 2 rings (SSSR count). The van der Waals surface area contributed by atoms with Crippen molar-refractivity contribution in [1.29, 1.82) is 0 Å². The van der Waals surface area contributed by atoms with Crippen LogP contribution in [0.15, 0.2) is 24.3 Å². The first-order valence-electron chi connectivity index (χ1n) is 5.93. The van der Waals surface area contributed by atoms with E-state index in [0.717, 1.165) is 5.56 Å². The van der Waals surface area contributed by atoms with Crippen LogP contribution in [0.4, 0.5) is 0 Å². The number of hydrogen-bond donors (Lipinski definition) is 0. The molecule has 0 aliphatic heterocycles. The summed E-state index contributed by atoms with van der Waals surface area (Å²) in [5.74, 6) is 0.621. The van der Waals surface area contributed by atoms with Gasteiger partial charge in [-0.1, -0.05) is 24.3 Å². The summed E-state index contributed by atoms with van der Waals surface area (Å²) in [5, 5.41) is 12.0. The molecule has 0 bridgehead atoms. The second kappa shape index (κ2) is 5.48. The highest BCUT2D eigenvalue weighted by Gasteiger charge is 2.08. The molecule has 1 aromatic heterocycles. The van der Waals surface area contributed by atoms with Crippen molar-refractivity contribution in [3.05, 3.63) is 41.2 Å². The lowest BCUT2D eigenvalue weighted by molar-refractivity contribution is 0.538. The minimum absolute atomic E-state index is 0.0210. The quantitative estimate of drug-likeness (QED) is 0.802. The van der Waals surface area contributed by atoms with Crippen molar-refractivity contribution in [3.63, 3.8) is 0 Å². The lowest BCUT2D eigenvalue weighted by Gasteiger charge is -2.01. The van der Waals surface area contributed by atoms with Gasteiger partial charge in [0.25, 0.3) is 0 Å². The highest BCUT2D eigenvalue weighted by molar-refractivity contribution is 7.90. The molecule has 0 saturated carbocycles. The van der Waals surface area contributed by atoms with Crippen LogP contribution in [-0.2, 0) is 22.8 Å². The highest BCUT2D eigenvalue weighted by atomic mass is 32.2. The smallest absolute Gasteiger partial charge is 0.179 e. The van der Waals surface area contributed by atoms with Crippen molar-refractivity contribution in [2.24, 2.45) is 0 Å². The molecule has 6 nitrogen and oxygen atoms in total. The number of sulfone groups is 1. The molecule has 0 atom stereocenters. The molecule has 0 fully saturated rings. The van der Waals surface area contributed by atoms with Crippen LogP contribution in [0.5, 0.6) is 0 Å². The van der Waals surface area contributed by atoms with Gasteiger partial charge in [-0.05, 0) is 23.3 Å². The fourth-order valence-electron chi connectivity index (χ4n) is 1.67. The Labute approximate surface area is 112 Å². The third-order valence-electron chi connectivity index (χ3n) is 2.77. The van der Waals surface area contributed by atoms with Crippen molar-refractivity contribution < 1.29 is 8.42 Å². The average molecular weight is 280 g/mol. The van der Waals surface area contributed by atoms with Gasteiger partial charge in [-0.15, -0.1) is 10.2 Å². The monoisotopic (exact) mass is 280 g/mol. The van der Waals surface area contributed by atoms with Crippen LogP contribution in [0.1, 0.15) is 17.0 Å². The van der Waals surface area contributed by atoms with E-state index in [1.807, 2.05) is 31.2 Å². The zero-order valence-electron chi connectivity index (χ0n) is 10.9. The minimum atomic E-state index is -3.01. The van der Waals surface area contributed by atoms with Crippen LogP contribution in [0.2, 0.25) is 0 Å². The maximum Gasteiger partial charge on any atom is 0.179 e. The second-order valence-electron chi connectivity index (χ2n) is 4.53. The summed E-state index contributed by atoms with van der Waals surface area (Å²) in [6.45, 7) is 2.27. The standard InChI is InChI=1S/C12H16N4O2S/c1-10-5-3-4-6-11(10)9-12-13-15-16(14-12)7-8-19(2,17)18/h3-6H,7-9H2,1-2H3. The molecule has 2 aromatic rings. The number of benzene rings is 1. The largest absolute Gasteiger partial charge is 0.229 e. The Balaban J connectivity index is 2.04. The van der Waals surface area contributed by atoms with Gasteiger partial charge in [0.15, 0.2) is 5.82 Å². The lowest BCUT2D eigenvalue weighted by atomic mass is 10.1. The van der Waals surface area contributed by atoms with Crippen molar-refractivity contribution in [3.8, 4) is 0 Å². The molecular formula is C12H16N4O2S. The van der Waals surface area contributed by atoms with Gasteiger partial charge in [0.1, 0.15) is 9.84 Å². The molecule has 0 aliphatic rings. The van der Waals surface area contributed by atoms with E-state index >= 15 is 0 Å². The van der Waals surface area contributed by atoms with E-state index in [1.54, 1.807) is 0 Å². The van der Waals surface area contributed by atoms with Gasteiger partial charge in [-0.25, -0.2) is 8.42 Å². The van der Waals surface area contributed by atoms with Crippen molar-refractivity contribution in [2.75, 3.05) is 12.0 Å². The maximum absolute atomic E-state index is 11.1. The first kappa shape index (κ1) is 13.7. The summed E-state index contributed by atoms with van der Waals surface area (Å²) in [6.07, 6.45) is 1.80. The van der Waals surface area contributed by atoms with Crippen LogP contribution in [-0.4, -0.2) is 40.6 Å². The Hall–Kier alpha value is -1.76. The maximum atomic E-state index is 11.1. The molecule has 1 aromatic carbocycles. The molecule has 1 heterocycles. The fraction of sp³-hybridized carbons (Fsp3) is 0.417. The van der Waals surface area contributed by atoms with Crippen molar-refractivity contribution >= 4 is 9.84 Å². The van der Waals surface area contributed by atoms with E-state index in [0.29, 0.717) is 12.2 Å². The highest BCUT2D eigenvalue weighted by Crippen LogP contribution is 2.10. The zero-order valence-corrected chi connectivity index (χ0v) is 11.8. The Bertz CT molecular complexity index is 664. The van der Waals surface area contributed by atoms with Crippen LogP contribution in [0.25, 0.3) is 0 Å². The van der Waals surface area contributed by atoms with Gasteiger partial charge in [-0.3, -0.25) is 0 Å². The third kappa shape index (κ3) is 4.13. The minimum Gasteiger partial charge on any atom is -0.229 e. The van der Waals surface area contributed by atoms with E-state index in [9.17, 15) is 8.42 Å². The molecule has 0 N–H and O–H groups in total. The number of tetrazole rings is 1. The zero-order chi connectivity index (χ0) is 13.9. The van der Waals surface area contributed by atoms with Gasteiger partial charge < -0.3 is 0 Å². The first-order valence-corrected chi connectivity index (χ1v) is 7.99. The van der Waals surface area contributed by atoms with E-state index in [-0.39, 0.29) is 12.3 Å². The average Bonchev–Trinajstić information content (AvgIpc) is 2.77. The summed E-state index contributed by atoms with van der Waals surface area (Å²) >= 11 is 0. The second-order valence-corrected chi connectivity index (χ2v) is 6.79. The lowest BCUT2D eigenvalue weighted by Crippen LogP contribution is -2.13. The number of nitrogens with zero attached hydrogens (tertiary/aromatic N) is 4. The Kier molecular flexibility index (Phi) is 3.94. The summed E-state index contributed by atoms with van der Waals surface area (Å²) in [7, 11) is -3.01. The Morgan fingerprint density at radius 1 is 1.26 bits per heavy atom. The summed E-state index contributed by atoms with van der Waals surface area (Å²) in [4.78, 5) is 1.33. The Morgan fingerprint density at radius 3 is 2.68 bits per heavy atom. The SMILES string of the molecule is Cc1ccccc1Cc1nnn(CCS(C)(=O)=O)n1. The van der Waals surface area contributed by atoms with E-state index < -0.39 is 9.84 Å². The predicted molar refractivity (Wildman–Crippen MR) is 71.5 cm³/mol. The molecular weight excluding hydrogens is 264 g/mol.